The lowest BCUT2D eigenvalue weighted by molar-refractivity contribution is 0.0689. The molecule has 0 amide bonds. The number of carboxylic acid groups (broad SMARTS) is 1. The Labute approximate surface area is 112 Å². The number of fused-ring (bicyclic) bond motifs is 1. The molecule has 2 N–H and O–H groups in total. The quantitative estimate of drug-likeness (QED) is 0.882. The monoisotopic (exact) mass is 280 g/mol. The maximum Gasteiger partial charge on any atom is 0.356 e. The molecule has 1 heterocycles. The van der Waals surface area contributed by atoms with Gasteiger partial charge in [0.25, 0.3) is 0 Å². The number of benzene rings is 1. The summed E-state index contributed by atoms with van der Waals surface area (Å²) in [6.07, 6.45) is 1.98. The molecule has 5 nitrogen and oxygen atoms in total. The molecule has 0 fully saturated rings. The van der Waals surface area contributed by atoms with Gasteiger partial charge in [-0.1, -0.05) is 0 Å². The second-order valence-electron chi connectivity index (χ2n) is 4.61. The van der Waals surface area contributed by atoms with Gasteiger partial charge in [-0.3, -0.25) is 0 Å². The highest BCUT2D eigenvalue weighted by Crippen LogP contribution is 2.30. The molecule has 20 heavy (non-hydrogen) atoms. The molecular formula is C13H10F2N2O3. The zero-order valence-corrected chi connectivity index (χ0v) is 10.2. The first kappa shape index (κ1) is 12.6. The molecule has 0 aliphatic heterocycles. The third kappa shape index (κ3) is 1.74. The van der Waals surface area contributed by atoms with E-state index in [9.17, 15) is 18.7 Å². The van der Waals surface area contributed by atoms with E-state index in [0.29, 0.717) is 24.1 Å². The van der Waals surface area contributed by atoms with Crippen LogP contribution in [0.25, 0.3) is 5.69 Å². The molecule has 0 spiro atoms. The molecule has 104 valence electrons. The van der Waals surface area contributed by atoms with Crippen LogP contribution in [-0.4, -0.2) is 26.0 Å². The van der Waals surface area contributed by atoms with Crippen molar-refractivity contribution in [1.29, 1.82) is 0 Å². The molecule has 0 radical (unpaired) electrons. The van der Waals surface area contributed by atoms with E-state index in [1.165, 1.54) is 4.68 Å². The van der Waals surface area contributed by atoms with E-state index in [1.54, 1.807) is 0 Å². The van der Waals surface area contributed by atoms with E-state index in [4.69, 9.17) is 5.11 Å². The summed E-state index contributed by atoms with van der Waals surface area (Å²) in [6, 6.07) is 1.90. The van der Waals surface area contributed by atoms with E-state index in [1.807, 2.05) is 0 Å². The van der Waals surface area contributed by atoms with Crippen molar-refractivity contribution in [3.05, 3.63) is 40.7 Å². The molecule has 3 rings (SSSR count). The summed E-state index contributed by atoms with van der Waals surface area (Å²) < 4.78 is 27.7. The summed E-state index contributed by atoms with van der Waals surface area (Å²) in [5.41, 5.74) is 1.29. The van der Waals surface area contributed by atoms with Crippen molar-refractivity contribution in [2.24, 2.45) is 0 Å². The number of phenols is 1. The summed E-state index contributed by atoms with van der Waals surface area (Å²) in [5.74, 6) is -4.54. The lowest BCUT2D eigenvalue weighted by Crippen LogP contribution is -2.05. The van der Waals surface area contributed by atoms with Gasteiger partial charge in [-0.05, 0) is 19.3 Å². The highest BCUT2D eigenvalue weighted by atomic mass is 19.2. The van der Waals surface area contributed by atoms with E-state index in [0.717, 1.165) is 18.6 Å². The fourth-order valence-electron chi connectivity index (χ4n) is 2.51. The van der Waals surface area contributed by atoms with Crippen LogP contribution < -0.4 is 0 Å². The lowest BCUT2D eigenvalue weighted by atomic mass is 10.2. The first-order valence-corrected chi connectivity index (χ1v) is 6.01. The topological polar surface area (TPSA) is 75.3 Å². The third-order valence-electron chi connectivity index (χ3n) is 3.37. The fourth-order valence-corrected chi connectivity index (χ4v) is 2.51. The van der Waals surface area contributed by atoms with Crippen LogP contribution >= 0.6 is 0 Å². The smallest absolute Gasteiger partial charge is 0.356 e. The van der Waals surface area contributed by atoms with Crippen LogP contribution in [-0.2, 0) is 12.8 Å². The predicted molar refractivity (Wildman–Crippen MR) is 64.1 cm³/mol. The summed E-state index contributed by atoms with van der Waals surface area (Å²) in [6.45, 7) is 0. The Bertz CT molecular complexity index is 702. The van der Waals surface area contributed by atoms with Gasteiger partial charge in [0.2, 0.25) is 0 Å². The molecule has 1 aromatic heterocycles. The number of aromatic nitrogens is 2. The number of phenolic OH excluding ortho intramolecular Hbond substituents is 1. The minimum atomic E-state index is -1.34. The molecule has 7 heteroatoms. The largest absolute Gasteiger partial charge is 0.505 e. The minimum Gasteiger partial charge on any atom is -0.505 e. The molecule has 0 saturated heterocycles. The normalized spacial score (nSPS) is 13.5. The Morgan fingerprint density at radius 3 is 2.70 bits per heavy atom. The van der Waals surface area contributed by atoms with Crippen molar-refractivity contribution >= 4 is 5.97 Å². The highest BCUT2D eigenvalue weighted by molar-refractivity contribution is 5.87. The molecule has 0 bridgehead atoms. The van der Waals surface area contributed by atoms with Crippen molar-refractivity contribution in [2.75, 3.05) is 0 Å². The van der Waals surface area contributed by atoms with E-state index in [-0.39, 0.29) is 11.4 Å². The summed E-state index contributed by atoms with van der Waals surface area (Å²) in [5, 5.41) is 22.4. The number of hydrogen-bond acceptors (Lipinski definition) is 3. The van der Waals surface area contributed by atoms with Gasteiger partial charge in [-0.2, -0.15) is 9.49 Å². The molecule has 0 atom stereocenters. The van der Waals surface area contributed by atoms with Crippen LogP contribution in [0.4, 0.5) is 8.78 Å². The van der Waals surface area contributed by atoms with E-state index < -0.39 is 23.4 Å². The van der Waals surface area contributed by atoms with Gasteiger partial charge >= 0.3 is 5.97 Å². The van der Waals surface area contributed by atoms with Crippen LogP contribution in [0.5, 0.6) is 5.75 Å². The fraction of sp³-hybridized carbons (Fsp3) is 0.231. The van der Waals surface area contributed by atoms with Gasteiger partial charge in [0.15, 0.2) is 23.1 Å². The zero-order valence-electron chi connectivity index (χ0n) is 10.2. The van der Waals surface area contributed by atoms with Crippen molar-refractivity contribution in [3.63, 3.8) is 0 Å². The van der Waals surface area contributed by atoms with Gasteiger partial charge in [0.1, 0.15) is 0 Å². The van der Waals surface area contributed by atoms with Gasteiger partial charge in [-0.25, -0.2) is 13.9 Å². The van der Waals surface area contributed by atoms with Crippen LogP contribution in [0.1, 0.15) is 28.2 Å². The van der Waals surface area contributed by atoms with Crippen molar-refractivity contribution in [2.45, 2.75) is 19.3 Å². The Morgan fingerprint density at radius 2 is 2.05 bits per heavy atom. The second kappa shape index (κ2) is 4.29. The van der Waals surface area contributed by atoms with E-state index >= 15 is 0 Å². The van der Waals surface area contributed by atoms with Gasteiger partial charge in [-0.15, -0.1) is 0 Å². The minimum absolute atomic E-state index is 0.0817. The second-order valence-corrected chi connectivity index (χ2v) is 4.61. The van der Waals surface area contributed by atoms with Gasteiger partial charge < -0.3 is 10.2 Å². The van der Waals surface area contributed by atoms with Crippen LogP contribution in [0, 0.1) is 11.6 Å². The van der Waals surface area contributed by atoms with Gasteiger partial charge in [0.05, 0.1) is 5.69 Å². The molecule has 2 aromatic rings. The Balaban J connectivity index is 2.21. The van der Waals surface area contributed by atoms with Crippen LogP contribution in [0.2, 0.25) is 0 Å². The third-order valence-corrected chi connectivity index (χ3v) is 3.37. The molecule has 1 aliphatic rings. The zero-order chi connectivity index (χ0) is 14.4. The Kier molecular flexibility index (Phi) is 2.70. The number of aromatic hydroxyl groups is 1. The first-order valence-electron chi connectivity index (χ1n) is 6.01. The van der Waals surface area contributed by atoms with Crippen molar-refractivity contribution in [3.8, 4) is 11.4 Å². The number of rotatable bonds is 2. The number of carbonyl (C=O) groups is 1. The van der Waals surface area contributed by atoms with E-state index in [2.05, 4.69) is 5.10 Å². The number of hydrogen-bond donors (Lipinski definition) is 2. The SMILES string of the molecule is O=C(O)c1nn(-c2cc(O)c(F)c(F)c2)c2c1CCC2. The molecule has 1 aliphatic carbocycles. The Hall–Kier alpha value is -2.44. The average Bonchev–Trinajstić information content (AvgIpc) is 2.96. The maximum absolute atomic E-state index is 13.4. The first-order chi connectivity index (χ1) is 9.49. The molecule has 0 saturated carbocycles. The predicted octanol–water partition coefficient (Wildman–Crippen LogP) is 2.04. The lowest BCUT2D eigenvalue weighted by Gasteiger charge is -2.07. The maximum atomic E-state index is 13.4. The van der Waals surface area contributed by atoms with Crippen molar-refractivity contribution in [1.82, 2.24) is 9.78 Å². The molecule has 0 unspecified atom stereocenters. The van der Waals surface area contributed by atoms with Crippen molar-refractivity contribution < 1.29 is 23.8 Å². The number of nitrogens with zero attached hydrogens (tertiary/aromatic N) is 2. The summed E-state index contributed by atoms with van der Waals surface area (Å²) >= 11 is 0. The number of halogens is 2. The van der Waals surface area contributed by atoms with Crippen LogP contribution in [0.15, 0.2) is 12.1 Å². The van der Waals surface area contributed by atoms with Crippen LogP contribution in [0.3, 0.4) is 0 Å². The number of aromatic carboxylic acids is 1. The molecular weight excluding hydrogens is 270 g/mol. The van der Waals surface area contributed by atoms with Gasteiger partial charge in [0, 0.05) is 23.4 Å². The summed E-state index contributed by atoms with van der Waals surface area (Å²) in [7, 11) is 0. The Morgan fingerprint density at radius 1 is 1.30 bits per heavy atom. The highest BCUT2D eigenvalue weighted by Gasteiger charge is 2.27. The number of carboxylic acids is 1. The summed E-state index contributed by atoms with van der Waals surface area (Å²) in [4.78, 5) is 11.1. The standard InChI is InChI=1S/C13H10F2N2O3/c14-8-4-6(5-10(18)11(8)15)17-9-3-1-2-7(9)12(16-17)13(19)20/h4-5,18H,1-3H2,(H,19,20). The molecule has 1 aromatic carbocycles. The average molecular weight is 280 g/mol.